The van der Waals surface area contributed by atoms with Crippen molar-refractivity contribution in [1.82, 2.24) is 0 Å². The molecule has 1 heterocycles. The summed E-state index contributed by atoms with van der Waals surface area (Å²) in [5.74, 6) is -0.237. The van der Waals surface area contributed by atoms with Crippen LogP contribution < -0.4 is 0 Å². The molecule has 0 aromatic rings. The molecule has 3 N–H and O–H groups in total. The van der Waals surface area contributed by atoms with Crippen LogP contribution in [0.4, 0.5) is 0 Å². The van der Waals surface area contributed by atoms with Crippen molar-refractivity contribution in [1.29, 1.82) is 0 Å². The number of allylic oxidation sites excluding steroid dienone is 9. The molecule has 0 aromatic heterocycles. The first-order valence-corrected chi connectivity index (χ1v) is 13.0. The molecule has 0 aromatic carbocycles. The molecule has 196 valence electrons. The summed E-state index contributed by atoms with van der Waals surface area (Å²) in [6.07, 6.45) is 14.5. The van der Waals surface area contributed by atoms with Crippen molar-refractivity contribution >= 4 is 6.29 Å². The minimum Gasteiger partial charge on any atom is -0.396 e. The molecule has 5 heteroatoms. The van der Waals surface area contributed by atoms with E-state index in [1.165, 1.54) is 11.1 Å². The Kier molecular flexibility index (Phi) is 10.9. The van der Waals surface area contributed by atoms with Crippen molar-refractivity contribution < 1.29 is 24.9 Å². The zero-order chi connectivity index (χ0) is 26.2. The molecule has 0 radical (unpaired) electrons. The first kappa shape index (κ1) is 29.4. The standard InChI is InChI=1S/C30H46O5/c1-21(2)10-7-11-22(3)12-8-13-23(4)18-25-19-30(28(33)35-25)27(14-9-17-31)26(24(5)20-32)15-16-29(30,6)34/h8,10,12-13,18,20,25,27-28,31,33-34H,7,9,11,14-17,19H2,1-6H3/b13-8+,22-12+,23-18+,26-24-/t25-,27+,28-,29-,30+/m0/s1. The Morgan fingerprint density at radius 2 is 1.91 bits per heavy atom. The zero-order valence-electron chi connectivity index (χ0n) is 22.5. The first-order chi connectivity index (χ1) is 16.5. The molecule has 0 unspecified atom stereocenters. The van der Waals surface area contributed by atoms with Crippen molar-refractivity contribution in [2.24, 2.45) is 11.3 Å². The number of ether oxygens (including phenoxy) is 1. The Bertz CT molecular complexity index is 884. The lowest BCUT2D eigenvalue weighted by Crippen LogP contribution is -2.58. The van der Waals surface area contributed by atoms with E-state index < -0.39 is 17.3 Å². The number of hydrogen-bond donors (Lipinski definition) is 3. The molecule has 1 saturated heterocycles. The number of aliphatic hydroxyl groups excluding tert-OH is 2. The van der Waals surface area contributed by atoms with Crippen molar-refractivity contribution in [2.75, 3.05) is 6.61 Å². The summed E-state index contributed by atoms with van der Waals surface area (Å²) < 4.78 is 6.03. The van der Waals surface area contributed by atoms with Gasteiger partial charge in [0.1, 0.15) is 6.29 Å². The third kappa shape index (κ3) is 7.13. The molecule has 2 fully saturated rings. The minimum absolute atomic E-state index is 0.0214. The molecule has 2 rings (SSSR count). The predicted octanol–water partition coefficient (Wildman–Crippen LogP) is 5.72. The largest absolute Gasteiger partial charge is 0.396 e. The molecular formula is C30H46O5. The van der Waals surface area contributed by atoms with Gasteiger partial charge in [0, 0.05) is 6.61 Å². The van der Waals surface area contributed by atoms with Crippen LogP contribution in [-0.4, -0.2) is 46.2 Å². The van der Waals surface area contributed by atoms with Gasteiger partial charge in [0.2, 0.25) is 0 Å². The highest BCUT2D eigenvalue weighted by molar-refractivity contribution is 5.74. The molecule has 1 spiro atoms. The maximum Gasteiger partial charge on any atom is 0.164 e. The molecule has 0 amide bonds. The van der Waals surface area contributed by atoms with Gasteiger partial charge in [-0.05, 0) is 98.0 Å². The van der Waals surface area contributed by atoms with Gasteiger partial charge in [-0.1, -0.05) is 52.7 Å². The van der Waals surface area contributed by atoms with Crippen molar-refractivity contribution in [3.05, 3.63) is 58.2 Å². The highest BCUT2D eigenvalue weighted by Crippen LogP contribution is 2.60. The topological polar surface area (TPSA) is 87.0 Å². The monoisotopic (exact) mass is 486 g/mol. The lowest BCUT2D eigenvalue weighted by atomic mass is 9.53. The third-order valence-electron chi connectivity index (χ3n) is 7.82. The van der Waals surface area contributed by atoms with E-state index in [2.05, 4.69) is 32.9 Å². The molecule has 0 bridgehead atoms. The van der Waals surface area contributed by atoms with Crippen LogP contribution in [0.5, 0.6) is 0 Å². The number of rotatable bonds is 10. The Balaban J connectivity index is 2.26. The zero-order valence-corrected chi connectivity index (χ0v) is 22.5. The van der Waals surface area contributed by atoms with Gasteiger partial charge in [-0.15, -0.1) is 0 Å². The van der Waals surface area contributed by atoms with Crippen molar-refractivity contribution in [3.8, 4) is 0 Å². The summed E-state index contributed by atoms with van der Waals surface area (Å²) in [5, 5.41) is 32.3. The van der Waals surface area contributed by atoms with E-state index in [4.69, 9.17) is 4.74 Å². The second-order valence-electron chi connectivity index (χ2n) is 10.9. The third-order valence-corrected chi connectivity index (χ3v) is 7.82. The van der Waals surface area contributed by atoms with E-state index >= 15 is 0 Å². The minimum atomic E-state index is -1.16. The maximum atomic E-state index is 11.6. The Morgan fingerprint density at radius 3 is 2.54 bits per heavy atom. The quantitative estimate of drug-likeness (QED) is 0.159. The van der Waals surface area contributed by atoms with E-state index in [1.807, 2.05) is 25.2 Å². The SMILES string of the molecule is CC(C)=CCC/C(C)=C/C=C/C(C)=C/[C@H]1C[C@@]2([C@H](CCCO)/C(=C(/C)C=O)CC[C@]2(C)O)[C@@H](O)O1. The van der Waals surface area contributed by atoms with Crippen LogP contribution in [0.3, 0.4) is 0 Å². The maximum absolute atomic E-state index is 11.6. The lowest BCUT2D eigenvalue weighted by Gasteiger charge is -2.53. The van der Waals surface area contributed by atoms with Crippen LogP contribution in [0.1, 0.15) is 86.5 Å². The molecule has 1 saturated carbocycles. The van der Waals surface area contributed by atoms with Crippen LogP contribution in [0.15, 0.2) is 58.2 Å². The van der Waals surface area contributed by atoms with Crippen LogP contribution in [-0.2, 0) is 9.53 Å². The molecular weight excluding hydrogens is 440 g/mol. The Labute approximate surface area is 212 Å². The van der Waals surface area contributed by atoms with Gasteiger partial charge in [-0.25, -0.2) is 0 Å². The number of carbonyl (C=O) groups is 1. The van der Waals surface area contributed by atoms with Gasteiger partial charge in [-0.2, -0.15) is 0 Å². The lowest BCUT2D eigenvalue weighted by molar-refractivity contribution is -0.219. The Morgan fingerprint density at radius 1 is 1.20 bits per heavy atom. The molecule has 5 atom stereocenters. The molecule has 1 aliphatic carbocycles. The van der Waals surface area contributed by atoms with Gasteiger partial charge in [0.15, 0.2) is 6.29 Å². The molecule has 2 aliphatic rings. The van der Waals surface area contributed by atoms with Gasteiger partial charge < -0.3 is 20.1 Å². The fourth-order valence-corrected chi connectivity index (χ4v) is 5.80. The number of hydrogen-bond acceptors (Lipinski definition) is 5. The Hall–Kier alpha value is -1.79. The van der Waals surface area contributed by atoms with Crippen LogP contribution in [0.2, 0.25) is 0 Å². The molecule has 1 aliphatic heterocycles. The van der Waals surface area contributed by atoms with Gasteiger partial charge in [0.05, 0.1) is 17.1 Å². The summed E-state index contributed by atoms with van der Waals surface area (Å²) >= 11 is 0. The van der Waals surface area contributed by atoms with Crippen LogP contribution >= 0.6 is 0 Å². The average molecular weight is 487 g/mol. The van der Waals surface area contributed by atoms with Gasteiger partial charge in [0.25, 0.3) is 0 Å². The summed E-state index contributed by atoms with van der Waals surface area (Å²) in [6.45, 7) is 12.0. The fourth-order valence-electron chi connectivity index (χ4n) is 5.80. The normalized spacial score (nSPS) is 33.5. The highest BCUT2D eigenvalue weighted by atomic mass is 16.6. The van der Waals surface area contributed by atoms with E-state index in [9.17, 15) is 20.1 Å². The van der Waals surface area contributed by atoms with Crippen molar-refractivity contribution in [2.45, 2.75) is 104 Å². The fraction of sp³-hybridized carbons (Fsp3) is 0.633. The average Bonchev–Trinajstić information content (AvgIpc) is 3.10. The van der Waals surface area contributed by atoms with E-state index in [-0.39, 0.29) is 18.6 Å². The smallest absolute Gasteiger partial charge is 0.164 e. The van der Waals surface area contributed by atoms with Crippen molar-refractivity contribution in [3.63, 3.8) is 0 Å². The number of carbonyl (C=O) groups excluding carboxylic acids is 1. The second kappa shape index (κ2) is 13.0. The van der Waals surface area contributed by atoms with E-state index in [0.717, 1.165) is 30.3 Å². The van der Waals surface area contributed by atoms with Gasteiger partial charge in [-0.3, -0.25) is 4.79 Å². The summed E-state index contributed by atoms with van der Waals surface area (Å²) in [5.41, 5.74) is 3.20. The number of aldehydes is 1. The highest BCUT2D eigenvalue weighted by Gasteiger charge is 2.64. The van der Waals surface area contributed by atoms with Crippen LogP contribution in [0.25, 0.3) is 0 Å². The molecule has 35 heavy (non-hydrogen) atoms. The van der Waals surface area contributed by atoms with Gasteiger partial charge >= 0.3 is 0 Å². The first-order valence-electron chi connectivity index (χ1n) is 13.0. The predicted molar refractivity (Wildman–Crippen MR) is 142 cm³/mol. The van der Waals surface area contributed by atoms with E-state index in [1.54, 1.807) is 13.8 Å². The summed E-state index contributed by atoms with van der Waals surface area (Å²) in [4.78, 5) is 11.6. The summed E-state index contributed by atoms with van der Waals surface area (Å²) in [7, 11) is 0. The number of aliphatic hydroxyl groups is 3. The second-order valence-corrected chi connectivity index (χ2v) is 10.9. The van der Waals surface area contributed by atoms with E-state index in [0.29, 0.717) is 37.7 Å². The summed E-state index contributed by atoms with van der Waals surface area (Å²) in [6, 6.07) is 0. The molecule has 5 nitrogen and oxygen atoms in total. The van der Waals surface area contributed by atoms with Crippen LogP contribution in [0, 0.1) is 11.3 Å².